The van der Waals surface area contributed by atoms with Crippen molar-refractivity contribution in [3.05, 3.63) is 28.2 Å². The lowest BCUT2D eigenvalue weighted by Gasteiger charge is -2.35. The highest BCUT2D eigenvalue weighted by molar-refractivity contribution is 9.10. The summed E-state index contributed by atoms with van der Waals surface area (Å²) in [5, 5.41) is 9.21. The molecule has 1 saturated heterocycles. The number of hydrogen-bond donors (Lipinski definition) is 1. The third-order valence-corrected chi connectivity index (χ3v) is 3.10. The van der Waals surface area contributed by atoms with E-state index in [-0.39, 0.29) is 18.1 Å². The summed E-state index contributed by atoms with van der Waals surface area (Å²) in [5.41, 5.74) is 0.576. The largest absolute Gasteiger partial charge is 0.491 e. The number of nitrogens with zero attached hydrogens (tertiary/aromatic N) is 1. The fraction of sp³-hybridized carbons (Fsp3) is 0.462. The zero-order chi connectivity index (χ0) is 13.3. The van der Waals surface area contributed by atoms with Gasteiger partial charge in [0.2, 0.25) is 0 Å². The minimum atomic E-state index is -0.382. The molecule has 0 atom stereocenters. The summed E-state index contributed by atoms with van der Waals surface area (Å²) in [4.78, 5) is 13.7. The van der Waals surface area contributed by atoms with Gasteiger partial charge in [0.05, 0.1) is 12.2 Å². The molecule has 0 bridgehead atoms. The van der Waals surface area contributed by atoms with Crippen molar-refractivity contribution in [1.29, 1.82) is 0 Å². The molecule has 5 heteroatoms. The van der Waals surface area contributed by atoms with Crippen LogP contribution >= 0.6 is 15.9 Å². The van der Waals surface area contributed by atoms with E-state index < -0.39 is 0 Å². The Hall–Kier alpha value is -1.07. The van der Waals surface area contributed by atoms with Gasteiger partial charge in [-0.15, -0.1) is 0 Å². The standard InChI is InChI=1S/C13H16BrNO3/c1-8(2)18-12-4-9(3-10(14)5-12)13(17)15-6-11(16)7-15/h3-5,8,11,16H,6-7H2,1-2H3. The SMILES string of the molecule is CC(C)Oc1cc(Br)cc(C(=O)N2CC(O)C2)c1. The Balaban J connectivity index is 2.17. The highest BCUT2D eigenvalue weighted by Crippen LogP contribution is 2.24. The molecule has 0 aromatic heterocycles. The number of β-amino-alcohol motifs (C(OH)–C–C–N with tert-alkyl or cyclic N) is 1. The van der Waals surface area contributed by atoms with E-state index in [1.807, 2.05) is 19.9 Å². The van der Waals surface area contributed by atoms with Gasteiger partial charge >= 0.3 is 0 Å². The Morgan fingerprint density at radius 3 is 2.67 bits per heavy atom. The zero-order valence-electron chi connectivity index (χ0n) is 10.4. The fourth-order valence-electron chi connectivity index (χ4n) is 1.83. The van der Waals surface area contributed by atoms with E-state index in [0.717, 1.165) is 4.47 Å². The summed E-state index contributed by atoms with van der Waals surface area (Å²) in [5.74, 6) is 0.596. The van der Waals surface area contributed by atoms with Crippen molar-refractivity contribution in [3.63, 3.8) is 0 Å². The molecular formula is C13H16BrNO3. The summed E-state index contributed by atoms with van der Waals surface area (Å²) in [6.45, 7) is 4.69. The molecule has 1 aromatic rings. The van der Waals surface area contributed by atoms with Crippen molar-refractivity contribution < 1.29 is 14.6 Å². The normalized spacial score (nSPS) is 15.7. The van der Waals surface area contributed by atoms with E-state index in [9.17, 15) is 9.90 Å². The van der Waals surface area contributed by atoms with Gasteiger partial charge in [-0.3, -0.25) is 4.79 Å². The Morgan fingerprint density at radius 1 is 1.44 bits per heavy atom. The van der Waals surface area contributed by atoms with Crippen molar-refractivity contribution in [1.82, 2.24) is 4.90 Å². The second-order valence-corrected chi connectivity index (χ2v) is 5.62. The third kappa shape index (κ3) is 3.03. The van der Waals surface area contributed by atoms with Gasteiger partial charge in [0.25, 0.3) is 5.91 Å². The van der Waals surface area contributed by atoms with Crippen LogP contribution in [-0.4, -0.2) is 41.2 Å². The topological polar surface area (TPSA) is 49.8 Å². The summed E-state index contributed by atoms with van der Waals surface area (Å²) in [7, 11) is 0. The van der Waals surface area contributed by atoms with Crippen LogP contribution in [0.25, 0.3) is 0 Å². The van der Waals surface area contributed by atoms with Crippen LogP contribution in [0, 0.1) is 0 Å². The van der Waals surface area contributed by atoms with Crippen LogP contribution < -0.4 is 4.74 Å². The maximum Gasteiger partial charge on any atom is 0.254 e. The van der Waals surface area contributed by atoms with Crippen LogP contribution in [0.3, 0.4) is 0 Å². The first-order valence-corrected chi connectivity index (χ1v) is 6.69. The number of hydrogen-bond acceptors (Lipinski definition) is 3. The van der Waals surface area contributed by atoms with E-state index >= 15 is 0 Å². The molecule has 0 spiro atoms. The molecule has 2 rings (SSSR count). The summed E-state index contributed by atoms with van der Waals surface area (Å²) < 4.78 is 6.40. The number of benzene rings is 1. The quantitative estimate of drug-likeness (QED) is 0.929. The maximum atomic E-state index is 12.1. The van der Waals surface area contributed by atoms with E-state index in [1.165, 1.54) is 0 Å². The van der Waals surface area contributed by atoms with Gasteiger partial charge < -0.3 is 14.7 Å². The Bertz CT molecular complexity index is 456. The third-order valence-electron chi connectivity index (χ3n) is 2.64. The second kappa shape index (κ2) is 5.28. The fourth-order valence-corrected chi connectivity index (χ4v) is 2.30. The molecule has 1 fully saturated rings. The molecule has 18 heavy (non-hydrogen) atoms. The molecule has 1 heterocycles. The molecule has 1 N–H and O–H groups in total. The van der Waals surface area contributed by atoms with Gasteiger partial charge in [0.1, 0.15) is 5.75 Å². The van der Waals surface area contributed by atoms with E-state index in [2.05, 4.69) is 15.9 Å². The number of aliphatic hydroxyl groups is 1. The monoisotopic (exact) mass is 313 g/mol. The molecule has 1 amide bonds. The van der Waals surface area contributed by atoms with Gasteiger partial charge in [0, 0.05) is 23.1 Å². The Labute approximate surface area is 115 Å². The molecule has 4 nitrogen and oxygen atoms in total. The summed E-state index contributed by atoms with van der Waals surface area (Å²) >= 11 is 3.37. The highest BCUT2D eigenvalue weighted by atomic mass is 79.9. The first-order valence-electron chi connectivity index (χ1n) is 5.90. The minimum Gasteiger partial charge on any atom is -0.491 e. The number of halogens is 1. The summed E-state index contributed by atoms with van der Waals surface area (Å²) in [6, 6.07) is 5.33. The van der Waals surface area contributed by atoms with E-state index in [4.69, 9.17) is 4.74 Å². The summed E-state index contributed by atoms with van der Waals surface area (Å²) in [6.07, 6.45) is -0.319. The predicted molar refractivity (Wildman–Crippen MR) is 71.8 cm³/mol. The lowest BCUT2D eigenvalue weighted by molar-refractivity contribution is 0.00586. The molecule has 1 aliphatic heterocycles. The van der Waals surface area contributed by atoms with Crippen LogP contribution in [0.15, 0.2) is 22.7 Å². The minimum absolute atomic E-state index is 0.0630. The lowest BCUT2D eigenvalue weighted by Crippen LogP contribution is -2.53. The van der Waals surface area contributed by atoms with Gasteiger partial charge in [-0.1, -0.05) is 15.9 Å². The maximum absolute atomic E-state index is 12.1. The molecule has 1 aromatic carbocycles. The van der Waals surface area contributed by atoms with Gasteiger partial charge in [-0.25, -0.2) is 0 Å². The van der Waals surface area contributed by atoms with Gasteiger partial charge in [-0.05, 0) is 32.0 Å². The van der Waals surface area contributed by atoms with E-state index in [0.29, 0.717) is 24.4 Å². The number of carbonyl (C=O) groups excluding carboxylic acids is 1. The molecule has 98 valence electrons. The molecule has 1 aliphatic rings. The van der Waals surface area contributed by atoms with Crippen molar-refractivity contribution in [2.45, 2.75) is 26.1 Å². The predicted octanol–water partition coefficient (Wildman–Crippen LogP) is 2.05. The number of amides is 1. The van der Waals surface area contributed by atoms with Crippen LogP contribution in [0.2, 0.25) is 0 Å². The van der Waals surface area contributed by atoms with Crippen molar-refractivity contribution >= 4 is 21.8 Å². The lowest BCUT2D eigenvalue weighted by atomic mass is 10.1. The van der Waals surface area contributed by atoms with Crippen LogP contribution in [0.4, 0.5) is 0 Å². The molecule has 0 saturated carbocycles. The van der Waals surface area contributed by atoms with E-state index in [1.54, 1.807) is 17.0 Å². The first kappa shape index (κ1) is 13.4. The molecule has 0 unspecified atom stereocenters. The van der Waals surface area contributed by atoms with Crippen molar-refractivity contribution in [2.75, 3.05) is 13.1 Å². The van der Waals surface area contributed by atoms with Crippen molar-refractivity contribution in [2.24, 2.45) is 0 Å². The smallest absolute Gasteiger partial charge is 0.254 e. The number of aliphatic hydroxyl groups excluding tert-OH is 1. The van der Waals surface area contributed by atoms with Gasteiger partial charge in [0.15, 0.2) is 0 Å². The average Bonchev–Trinajstić information content (AvgIpc) is 2.22. The first-order chi connectivity index (χ1) is 8.45. The second-order valence-electron chi connectivity index (χ2n) is 4.71. The highest BCUT2D eigenvalue weighted by Gasteiger charge is 2.29. The van der Waals surface area contributed by atoms with Gasteiger partial charge in [-0.2, -0.15) is 0 Å². The average molecular weight is 314 g/mol. The number of likely N-dealkylation sites (tertiary alicyclic amines) is 1. The Kier molecular flexibility index (Phi) is 3.92. The number of ether oxygens (including phenoxy) is 1. The van der Waals surface area contributed by atoms with Crippen LogP contribution in [0.1, 0.15) is 24.2 Å². The van der Waals surface area contributed by atoms with Crippen LogP contribution in [0.5, 0.6) is 5.75 Å². The van der Waals surface area contributed by atoms with Crippen LogP contribution in [-0.2, 0) is 0 Å². The van der Waals surface area contributed by atoms with Crippen molar-refractivity contribution in [3.8, 4) is 5.75 Å². The number of carbonyl (C=O) groups is 1. The molecular weight excluding hydrogens is 298 g/mol. The number of rotatable bonds is 3. The molecule has 0 radical (unpaired) electrons. The zero-order valence-corrected chi connectivity index (χ0v) is 12.0. The molecule has 0 aliphatic carbocycles. The Morgan fingerprint density at radius 2 is 2.11 bits per heavy atom.